The predicted octanol–water partition coefficient (Wildman–Crippen LogP) is 0.771. The molecule has 0 N–H and O–H groups in total. The Kier molecular flexibility index (Phi) is 1.71. The van der Waals surface area contributed by atoms with Crippen molar-refractivity contribution in [3.05, 3.63) is 0 Å². The number of rotatable bonds is 0. The van der Waals surface area contributed by atoms with Crippen molar-refractivity contribution in [1.29, 1.82) is 0 Å². The van der Waals surface area contributed by atoms with E-state index in [4.69, 9.17) is 0 Å². The Balaban J connectivity index is 2.61. The van der Waals surface area contributed by atoms with E-state index in [2.05, 4.69) is 43.6 Å². The van der Waals surface area contributed by atoms with Crippen LogP contribution in [0.1, 0.15) is 20.8 Å². The molecule has 0 saturated carbocycles. The quantitative estimate of drug-likeness (QED) is 0.452. The van der Waals surface area contributed by atoms with Gasteiger partial charge in [0.05, 0.1) is 12.6 Å². The molecule has 0 atom stereocenters. The molecule has 0 aromatic rings. The fraction of sp³-hybridized carbons (Fsp3) is 0.875. The Bertz CT molecular complexity index is 153. The average molecular weight is 141 g/mol. The molecule has 2 nitrogen and oxygen atoms in total. The maximum Gasteiger partial charge on any atom is 0.234 e. The first kappa shape index (κ1) is 7.58. The largest absolute Gasteiger partial charge is 0.267 e. The minimum absolute atomic E-state index is 0.296. The molecule has 1 aliphatic rings. The first-order valence-electron chi connectivity index (χ1n) is 3.82. The third kappa shape index (κ3) is 1.49. The second-order valence-electron chi connectivity index (χ2n) is 3.96. The fourth-order valence-electron chi connectivity index (χ4n) is 1.13. The van der Waals surface area contributed by atoms with E-state index in [1.54, 1.807) is 0 Å². The standard InChI is InChI=1S/C8H17N2/c1-8(2,3)10-6-5-9(4)7-10/h7H,5-6H2,1-4H3/q+1. The fourth-order valence-corrected chi connectivity index (χ4v) is 1.13. The van der Waals surface area contributed by atoms with Crippen molar-refractivity contribution >= 4 is 6.34 Å². The van der Waals surface area contributed by atoms with Gasteiger partial charge in [0.25, 0.3) is 0 Å². The molecule has 0 fully saturated rings. The van der Waals surface area contributed by atoms with Gasteiger partial charge in [-0.1, -0.05) is 0 Å². The zero-order chi connectivity index (χ0) is 7.78. The van der Waals surface area contributed by atoms with Gasteiger partial charge in [-0.25, -0.2) is 0 Å². The minimum atomic E-state index is 0.296. The molecule has 1 aliphatic heterocycles. The van der Waals surface area contributed by atoms with E-state index < -0.39 is 0 Å². The van der Waals surface area contributed by atoms with Crippen molar-refractivity contribution in [3.63, 3.8) is 0 Å². The highest BCUT2D eigenvalue weighted by atomic mass is 15.3. The molecular formula is C8H17N2+. The van der Waals surface area contributed by atoms with Crippen LogP contribution in [-0.2, 0) is 0 Å². The van der Waals surface area contributed by atoms with E-state index in [1.807, 2.05) is 0 Å². The summed E-state index contributed by atoms with van der Waals surface area (Å²) in [7, 11) is 2.12. The van der Waals surface area contributed by atoms with Crippen molar-refractivity contribution < 1.29 is 4.58 Å². The number of likely N-dealkylation sites (N-methyl/N-ethyl adjacent to an activating group) is 1. The first-order valence-corrected chi connectivity index (χ1v) is 3.82. The highest BCUT2D eigenvalue weighted by Gasteiger charge is 2.28. The van der Waals surface area contributed by atoms with Crippen molar-refractivity contribution in [3.8, 4) is 0 Å². The summed E-state index contributed by atoms with van der Waals surface area (Å²) < 4.78 is 2.23. The third-order valence-electron chi connectivity index (χ3n) is 1.89. The zero-order valence-corrected chi connectivity index (χ0v) is 7.39. The maximum atomic E-state index is 2.37. The van der Waals surface area contributed by atoms with Gasteiger partial charge >= 0.3 is 0 Å². The highest BCUT2D eigenvalue weighted by Crippen LogP contribution is 2.12. The second kappa shape index (κ2) is 2.26. The average Bonchev–Trinajstić information content (AvgIpc) is 2.11. The molecule has 0 radical (unpaired) electrons. The molecule has 0 spiro atoms. The van der Waals surface area contributed by atoms with Crippen LogP contribution in [0.4, 0.5) is 0 Å². The lowest BCUT2D eigenvalue weighted by Crippen LogP contribution is -2.38. The molecule has 1 heterocycles. The summed E-state index contributed by atoms with van der Waals surface area (Å²) in [6, 6.07) is 0. The van der Waals surface area contributed by atoms with Gasteiger partial charge in [0.1, 0.15) is 13.1 Å². The maximum absolute atomic E-state index is 2.37. The number of hydrogen-bond donors (Lipinski definition) is 0. The van der Waals surface area contributed by atoms with Crippen LogP contribution in [-0.4, -0.2) is 41.5 Å². The van der Waals surface area contributed by atoms with Crippen molar-refractivity contribution in [2.45, 2.75) is 26.3 Å². The van der Waals surface area contributed by atoms with Crippen LogP contribution in [0.15, 0.2) is 0 Å². The number of hydrogen-bond acceptors (Lipinski definition) is 1. The van der Waals surface area contributed by atoms with Gasteiger partial charge in [-0.15, -0.1) is 0 Å². The van der Waals surface area contributed by atoms with Gasteiger partial charge in [0.15, 0.2) is 0 Å². The zero-order valence-electron chi connectivity index (χ0n) is 7.39. The molecule has 0 unspecified atom stereocenters. The normalized spacial score (nSPS) is 19.6. The first-order chi connectivity index (χ1) is 4.50. The Morgan fingerprint density at radius 3 is 2.20 bits per heavy atom. The molecule has 58 valence electrons. The van der Waals surface area contributed by atoms with Gasteiger partial charge in [-0.05, 0) is 20.8 Å². The Morgan fingerprint density at radius 1 is 1.40 bits per heavy atom. The molecule has 0 bridgehead atoms. The van der Waals surface area contributed by atoms with Gasteiger partial charge in [-0.3, -0.25) is 9.48 Å². The van der Waals surface area contributed by atoms with E-state index in [1.165, 1.54) is 6.54 Å². The summed E-state index contributed by atoms with van der Waals surface area (Å²) in [6.07, 6.45) is 2.19. The monoisotopic (exact) mass is 141 g/mol. The van der Waals surface area contributed by atoms with Gasteiger partial charge < -0.3 is 0 Å². The topological polar surface area (TPSA) is 6.25 Å². The Labute approximate surface area is 63.2 Å². The molecule has 0 amide bonds. The van der Waals surface area contributed by atoms with Crippen molar-refractivity contribution in [2.75, 3.05) is 20.1 Å². The van der Waals surface area contributed by atoms with E-state index >= 15 is 0 Å². The van der Waals surface area contributed by atoms with E-state index in [0.29, 0.717) is 5.54 Å². The van der Waals surface area contributed by atoms with Gasteiger partial charge in [-0.2, -0.15) is 0 Å². The molecular weight excluding hydrogens is 124 g/mol. The molecule has 0 aliphatic carbocycles. The lowest BCUT2D eigenvalue weighted by atomic mass is 10.1. The summed E-state index contributed by atoms with van der Waals surface area (Å²) in [5.74, 6) is 0. The SMILES string of the molecule is C[N+]1=CN(C(C)(C)C)CC1. The van der Waals surface area contributed by atoms with E-state index in [0.717, 1.165) is 6.54 Å². The molecule has 0 aromatic carbocycles. The van der Waals surface area contributed by atoms with Crippen molar-refractivity contribution in [1.82, 2.24) is 4.90 Å². The van der Waals surface area contributed by atoms with Crippen LogP contribution < -0.4 is 0 Å². The summed E-state index contributed by atoms with van der Waals surface area (Å²) in [4.78, 5) is 2.37. The smallest absolute Gasteiger partial charge is 0.234 e. The van der Waals surface area contributed by atoms with Crippen LogP contribution in [0, 0.1) is 0 Å². The lowest BCUT2D eigenvalue weighted by molar-refractivity contribution is -0.482. The summed E-state index contributed by atoms with van der Waals surface area (Å²) in [6.45, 7) is 9.05. The highest BCUT2D eigenvalue weighted by molar-refractivity contribution is 5.51. The Morgan fingerprint density at radius 2 is 2.00 bits per heavy atom. The Hall–Kier alpha value is -0.530. The van der Waals surface area contributed by atoms with Crippen LogP contribution >= 0.6 is 0 Å². The van der Waals surface area contributed by atoms with E-state index in [9.17, 15) is 0 Å². The van der Waals surface area contributed by atoms with Crippen LogP contribution in [0.3, 0.4) is 0 Å². The molecule has 0 aromatic heterocycles. The molecule has 1 rings (SSSR count). The summed E-state index contributed by atoms with van der Waals surface area (Å²) in [5, 5.41) is 0. The van der Waals surface area contributed by atoms with Gasteiger partial charge in [0, 0.05) is 0 Å². The van der Waals surface area contributed by atoms with Crippen LogP contribution in [0.2, 0.25) is 0 Å². The lowest BCUT2D eigenvalue weighted by Gasteiger charge is -2.23. The molecule has 0 saturated heterocycles. The molecule has 10 heavy (non-hydrogen) atoms. The minimum Gasteiger partial charge on any atom is -0.267 e. The van der Waals surface area contributed by atoms with E-state index in [-0.39, 0.29) is 0 Å². The third-order valence-corrected chi connectivity index (χ3v) is 1.89. The second-order valence-corrected chi connectivity index (χ2v) is 3.96. The van der Waals surface area contributed by atoms with Gasteiger partial charge in [0.2, 0.25) is 6.34 Å². The summed E-state index contributed by atoms with van der Waals surface area (Å²) >= 11 is 0. The predicted molar refractivity (Wildman–Crippen MR) is 43.6 cm³/mol. The van der Waals surface area contributed by atoms with Crippen LogP contribution in [0.5, 0.6) is 0 Å². The van der Waals surface area contributed by atoms with Crippen molar-refractivity contribution in [2.24, 2.45) is 0 Å². The summed E-state index contributed by atoms with van der Waals surface area (Å²) in [5.41, 5.74) is 0.296. The number of nitrogens with zero attached hydrogens (tertiary/aromatic N) is 2. The van der Waals surface area contributed by atoms with Crippen LogP contribution in [0.25, 0.3) is 0 Å². The molecule has 2 heteroatoms.